The molecule has 2 heterocycles. The molecule has 0 atom stereocenters. The number of hydrogen-bond acceptors (Lipinski definition) is 2. The summed E-state index contributed by atoms with van der Waals surface area (Å²) in [4.78, 5) is 4.91. The third-order valence-corrected chi connectivity index (χ3v) is 15.3. The van der Waals surface area contributed by atoms with Gasteiger partial charge in [0.1, 0.15) is 0 Å². The van der Waals surface area contributed by atoms with Crippen LogP contribution in [0.15, 0.2) is 78.9 Å². The van der Waals surface area contributed by atoms with Crippen molar-refractivity contribution >= 4 is 57.2 Å². The molecule has 0 radical (unpaired) electrons. The summed E-state index contributed by atoms with van der Waals surface area (Å²) in [5, 5.41) is 0. The van der Waals surface area contributed by atoms with Crippen LogP contribution in [0.5, 0.6) is 0 Å². The molecule has 0 fully saturated rings. The van der Waals surface area contributed by atoms with Crippen molar-refractivity contribution in [3.63, 3.8) is 0 Å². The largest absolute Gasteiger partial charge is 0.311 e. The van der Waals surface area contributed by atoms with Gasteiger partial charge in [-0.25, -0.2) is 0 Å². The SMILES string of the molecule is [2H]C([2H])([2H])c1cc2c3c(c1)N(c1cc(C(C)(C)C)ccc1C)c1cc(C(C)(C)C)ccc1B3c1cc3c(cc1N2c1ccc2c(c1)C(C)(C)CCC2(C)C)C(C)(C)CCC3(C)C. The molecule has 9 rings (SSSR count). The lowest BCUT2D eigenvalue weighted by Crippen LogP contribution is -2.62. The van der Waals surface area contributed by atoms with E-state index in [-0.39, 0.29) is 39.2 Å². The van der Waals surface area contributed by atoms with Crippen molar-refractivity contribution < 1.29 is 4.11 Å². The Morgan fingerprint density at radius 2 is 0.983 bits per heavy atom. The first kappa shape index (κ1) is 36.6. The van der Waals surface area contributed by atoms with E-state index >= 15 is 0 Å². The summed E-state index contributed by atoms with van der Waals surface area (Å²) in [7, 11) is 0. The van der Waals surface area contributed by atoms with Gasteiger partial charge in [0.25, 0.3) is 6.71 Å². The molecule has 2 aliphatic heterocycles. The zero-order chi connectivity index (χ0) is 45.1. The molecule has 0 saturated heterocycles. The zero-order valence-corrected chi connectivity index (χ0v) is 38.8. The van der Waals surface area contributed by atoms with Crippen molar-refractivity contribution in [1.29, 1.82) is 0 Å². The Morgan fingerprint density at radius 3 is 1.56 bits per heavy atom. The van der Waals surface area contributed by atoms with Gasteiger partial charge in [0.15, 0.2) is 0 Å². The summed E-state index contributed by atoms with van der Waals surface area (Å²) < 4.78 is 27.2. The van der Waals surface area contributed by atoms with Gasteiger partial charge in [-0.2, -0.15) is 0 Å². The highest BCUT2D eigenvalue weighted by Gasteiger charge is 2.47. The van der Waals surface area contributed by atoms with Crippen molar-refractivity contribution in [3.8, 4) is 0 Å². The standard InChI is InChI=1S/C56H69BN2/c1-34-27-48-50-49(28-34)59(45-29-36(51(3,4)5)18-17-35(45)2)46-30-37(52(6,7)8)19-22-43(46)57(50)44-32-41-42(56(15,16)26-25-55(41,13)14)33-47(44)58(48)38-20-21-39-40(31-38)54(11,12)24-23-53(39,9)10/h17-22,27-33H,23-26H2,1-16H3/i1D3. The summed E-state index contributed by atoms with van der Waals surface area (Å²) in [5.41, 5.74) is 19.7. The third kappa shape index (κ3) is 6.17. The van der Waals surface area contributed by atoms with Crippen LogP contribution in [0.1, 0.15) is 171 Å². The number of fused-ring (bicyclic) bond motifs is 6. The van der Waals surface area contributed by atoms with E-state index < -0.39 is 6.85 Å². The first-order valence-corrected chi connectivity index (χ1v) is 22.4. The Kier molecular flexibility index (Phi) is 7.85. The van der Waals surface area contributed by atoms with Gasteiger partial charge in [0, 0.05) is 38.2 Å². The van der Waals surface area contributed by atoms with Crippen LogP contribution in [0.3, 0.4) is 0 Å². The normalized spacial score (nSPS) is 20.3. The van der Waals surface area contributed by atoms with Crippen LogP contribution in [-0.2, 0) is 32.5 Å². The van der Waals surface area contributed by atoms with Gasteiger partial charge in [0.2, 0.25) is 0 Å². The minimum atomic E-state index is -2.34. The number of benzene rings is 5. The van der Waals surface area contributed by atoms with Crippen molar-refractivity contribution in [2.45, 2.75) is 169 Å². The fraction of sp³-hybridized carbons (Fsp3) is 0.464. The third-order valence-electron chi connectivity index (χ3n) is 15.3. The lowest BCUT2D eigenvalue weighted by Gasteiger charge is -2.48. The van der Waals surface area contributed by atoms with E-state index in [1.54, 1.807) is 0 Å². The van der Waals surface area contributed by atoms with Crippen molar-refractivity contribution in [1.82, 2.24) is 0 Å². The highest BCUT2D eigenvalue weighted by atomic mass is 15.2. The number of rotatable bonds is 2. The average molecular weight is 784 g/mol. The van der Waals surface area contributed by atoms with E-state index in [9.17, 15) is 0 Å². The molecule has 4 aliphatic rings. The highest BCUT2D eigenvalue weighted by molar-refractivity contribution is 7.00. The second-order valence-electron chi connectivity index (χ2n) is 23.5. The number of anilines is 6. The molecule has 0 bridgehead atoms. The molecule has 0 saturated carbocycles. The smallest absolute Gasteiger partial charge is 0.252 e. The van der Waals surface area contributed by atoms with Crippen LogP contribution in [0.2, 0.25) is 0 Å². The molecule has 3 heteroatoms. The molecule has 2 aliphatic carbocycles. The fourth-order valence-corrected chi connectivity index (χ4v) is 11.1. The Labute approximate surface area is 362 Å². The monoisotopic (exact) mass is 784 g/mol. The van der Waals surface area contributed by atoms with E-state index in [4.69, 9.17) is 4.11 Å². The second-order valence-corrected chi connectivity index (χ2v) is 23.5. The van der Waals surface area contributed by atoms with E-state index in [1.807, 2.05) is 12.1 Å². The molecule has 5 aromatic rings. The molecular formula is C56H69BN2. The Balaban J connectivity index is 1.46. The fourth-order valence-electron chi connectivity index (χ4n) is 11.1. The van der Waals surface area contributed by atoms with Crippen LogP contribution in [0.25, 0.3) is 0 Å². The quantitative estimate of drug-likeness (QED) is 0.161. The lowest BCUT2D eigenvalue weighted by atomic mass is 9.33. The van der Waals surface area contributed by atoms with Crippen LogP contribution in [0, 0.1) is 13.8 Å². The number of nitrogens with zero attached hydrogens (tertiary/aromatic N) is 2. The van der Waals surface area contributed by atoms with Gasteiger partial charge in [-0.3, -0.25) is 0 Å². The van der Waals surface area contributed by atoms with E-state index in [2.05, 4.69) is 180 Å². The lowest BCUT2D eigenvalue weighted by molar-refractivity contribution is 0.332. The Bertz CT molecular complexity index is 2680. The maximum atomic E-state index is 9.07. The average Bonchev–Trinajstić information content (AvgIpc) is 3.16. The minimum absolute atomic E-state index is 0.0000521. The first-order chi connectivity index (χ1) is 28.5. The molecular weight excluding hydrogens is 711 g/mol. The van der Waals surface area contributed by atoms with Gasteiger partial charge < -0.3 is 9.80 Å². The molecule has 5 aromatic carbocycles. The molecule has 2 nitrogen and oxygen atoms in total. The molecule has 0 aromatic heterocycles. The van der Waals surface area contributed by atoms with Crippen LogP contribution in [0.4, 0.5) is 34.1 Å². The minimum Gasteiger partial charge on any atom is -0.311 e. The summed E-state index contributed by atoms with van der Waals surface area (Å²) in [6, 6.07) is 30.4. The first-order valence-electron chi connectivity index (χ1n) is 23.9. The Hall–Kier alpha value is -4.24. The van der Waals surface area contributed by atoms with Gasteiger partial charge in [-0.05, 0) is 175 Å². The predicted molar refractivity (Wildman–Crippen MR) is 258 cm³/mol. The number of aryl methyl sites for hydroxylation is 2. The van der Waals surface area contributed by atoms with Gasteiger partial charge in [-0.15, -0.1) is 0 Å². The topological polar surface area (TPSA) is 6.48 Å². The summed E-state index contributed by atoms with van der Waals surface area (Å²) in [6.45, 7) is 32.7. The van der Waals surface area contributed by atoms with Crippen molar-refractivity contribution in [2.24, 2.45) is 0 Å². The van der Waals surface area contributed by atoms with Crippen molar-refractivity contribution in [2.75, 3.05) is 9.80 Å². The molecule has 0 spiro atoms. The maximum absolute atomic E-state index is 9.07. The molecule has 306 valence electrons. The predicted octanol–water partition coefficient (Wildman–Crippen LogP) is 13.7. The van der Waals surface area contributed by atoms with Gasteiger partial charge >= 0.3 is 0 Å². The Morgan fingerprint density at radius 1 is 0.492 bits per heavy atom. The highest BCUT2D eigenvalue weighted by Crippen LogP contribution is 2.53. The molecule has 0 unspecified atom stereocenters. The van der Waals surface area contributed by atoms with Gasteiger partial charge in [0.05, 0.1) is 0 Å². The van der Waals surface area contributed by atoms with E-state index in [0.29, 0.717) is 5.56 Å². The zero-order valence-electron chi connectivity index (χ0n) is 41.8. The van der Waals surface area contributed by atoms with Gasteiger partial charge in [-0.1, -0.05) is 133 Å². The van der Waals surface area contributed by atoms with Crippen LogP contribution in [-0.4, -0.2) is 6.71 Å². The van der Waals surface area contributed by atoms with E-state index in [0.717, 1.165) is 59.7 Å². The summed E-state index contributed by atoms with van der Waals surface area (Å²) in [5.74, 6) is 0. The number of hydrogen-bond donors (Lipinski definition) is 0. The van der Waals surface area contributed by atoms with Crippen LogP contribution >= 0.6 is 0 Å². The van der Waals surface area contributed by atoms with E-state index in [1.165, 1.54) is 55.5 Å². The van der Waals surface area contributed by atoms with Crippen molar-refractivity contribution in [3.05, 3.63) is 123 Å². The van der Waals surface area contributed by atoms with Crippen LogP contribution < -0.4 is 26.2 Å². The summed E-state index contributed by atoms with van der Waals surface area (Å²) in [6.07, 6.45) is 4.50. The molecule has 0 N–H and O–H groups in total. The summed E-state index contributed by atoms with van der Waals surface area (Å²) >= 11 is 0. The molecule has 59 heavy (non-hydrogen) atoms. The maximum Gasteiger partial charge on any atom is 0.252 e. The second kappa shape index (κ2) is 12.7. The molecule has 0 amide bonds.